The molecule has 9 aromatic carbocycles. The zero-order valence-corrected chi connectivity index (χ0v) is 31.9. The zero-order valence-electron chi connectivity index (χ0n) is 31.1. The summed E-state index contributed by atoms with van der Waals surface area (Å²) in [7, 11) is 0. The van der Waals surface area contributed by atoms with Crippen LogP contribution in [0.1, 0.15) is 0 Å². The number of aromatic nitrogens is 1. The molecule has 12 aromatic rings. The average Bonchev–Trinajstić information content (AvgIpc) is 3.98. The molecule has 0 aliphatic heterocycles. The van der Waals surface area contributed by atoms with Gasteiger partial charge in [-0.3, -0.25) is 0 Å². The normalized spacial score (nSPS) is 11.8. The highest BCUT2D eigenvalue weighted by atomic mass is 32.1. The molecule has 0 amide bonds. The molecule has 0 bridgehead atoms. The fourth-order valence-corrected chi connectivity index (χ4v) is 9.59. The van der Waals surface area contributed by atoms with Crippen molar-refractivity contribution in [3.63, 3.8) is 0 Å². The Morgan fingerprint density at radius 2 is 1.03 bits per heavy atom. The molecular formula is C53H32N2O2S. The lowest BCUT2D eigenvalue weighted by Crippen LogP contribution is -2.09. The average molecular weight is 761 g/mol. The van der Waals surface area contributed by atoms with Crippen LogP contribution in [0.3, 0.4) is 0 Å². The Labute approximate surface area is 337 Å². The van der Waals surface area contributed by atoms with Crippen molar-refractivity contribution in [1.29, 1.82) is 0 Å². The van der Waals surface area contributed by atoms with Crippen LogP contribution in [-0.4, -0.2) is 4.98 Å². The Bertz CT molecular complexity index is 3500. The van der Waals surface area contributed by atoms with Crippen LogP contribution < -0.4 is 4.90 Å². The fraction of sp³-hybridized carbons (Fsp3) is 0. The zero-order chi connectivity index (χ0) is 38.2. The smallest absolute Gasteiger partial charge is 0.227 e. The second kappa shape index (κ2) is 13.1. The van der Waals surface area contributed by atoms with Gasteiger partial charge in [-0.2, -0.15) is 0 Å². The lowest BCUT2D eigenvalue weighted by molar-refractivity contribution is 0.620. The van der Waals surface area contributed by atoms with Gasteiger partial charge in [0.05, 0.1) is 0 Å². The first kappa shape index (κ1) is 32.7. The fourth-order valence-electron chi connectivity index (χ4n) is 8.45. The summed E-state index contributed by atoms with van der Waals surface area (Å²) < 4.78 is 15.2. The highest BCUT2D eigenvalue weighted by Gasteiger charge is 2.18. The molecule has 4 nitrogen and oxygen atoms in total. The summed E-state index contributed by atoms with van der Waals surface area (Å²) in [4.78, 5) is 7.12. The standard InChI is InChI=1S/C53H32N2O2S/c1-2-10-36(11-3-1)53-54-47-32-49-46(31-50(47)57-53)43-27-21-37(29-48(43)56-49)33-17-22-38(23-18-33)55(40-26-28-45-44-14-6-7-16-51(44)58-52(45)30-40)39-24-19-35(20-25-39)42-15-8-12-34-9-4-5-13-41(34)42/h1-32H. The van der Waals surface area contributed by atoms with E-state index < -0.39 is 0 Å². The van der Waals surface area contributed by atoms with E-state index in [2.05, 4.69) is 157 Å². The third-order valence-corrected chi connectivity index (χ3v) is 12.4. The summed E-state index contributed by atoms with van der Waals surface area (Å²) in [5, 5.41) is 7.14. The van der Waals surface area contributed by atoms with Gasteiger partial charge in [-0.1, -0.05) is 115 Å². The number of hydrogen-bond donors (Lipinski definition) is 0. The van der Waals surface area contributed by atoms with Crippen LogP contribution in [0.25, 0.3) is 97.7 Å². The van der Waals surface area contributed by atoms with E-state index in [0.29, 0.717) is 5.89 Å². The van der Waals surface area contributed by atoms with Gasteiger partial charge in [0.25, 0.3) is 0 Å². The van der Waals surface area contributed by atoms with Crippen molar-refractivity contribution in [2.75, 3.05) is 4.90 Å². The van der Waals surface area contributed by atoms with Crippen molar-refractivity contribution < 1.29 is 8.83 Å². The maximum absolute atomic E-state index is 6.45. The molecular weight excluding hydrogens is 729 g/mol. The number of rotatable bonds is 6. The van der Waals surface area contributed by atoms with Gasteiger partial charge in [-0.05, 0) is 106 Å². The molecule has 0 saturated carbocycles. The Balaban J connectivity index is 0.916. The highest BCUT2D eigenvalue weighted by Crippen LogP contribution is 2.42. The SMILES string of the molecule is c1ccc(-c2nc3cc4oc5cc(-c6ccc(N(c7ccc(-c8cccc9ccccc89)cc7)c7ccc8c(c7)sc7ccccc78)cc6)ccc5c4cc3o2)cc1. The summed E-state index contributed by atoms with van der Waals surface area (Å²) in [6.45, 7) is 0. The van der Waals surface area contributed by atoms with E-state index in [4.69, 9.17) is 13.8 Å². The Morgan fingerprint density at radius 3 is 1.88 bits per heavy atom. The predicted octanol–water partition coefficient (Wildman–Crippen LogP) is 15.7. The van der Waals surface area contributed by atoms with Crippen molar-refractivity contribution >= 4 is 92.4 Å². The molecule has 5 heteroatoms. The van der Waals surface area contributed by atoms with Crippen LogP contribution in [0.4, 0.5) is 17.1 Å². The second-order valence-corrected chi connectivity index (χ2v) is 15.8. The first-order valence-corrected chi connectivity index (χ1v) is 20.2. The molecule has 0 aliphatic carbocycles. The molecule has 0 saturated heterocycles. The van der Waals surface area contributed by atoms with Gasteiger partial charge < -0.3 is 13.7 Å². The van der Waals surface area contributed by atoms with Crippen molar-refractivity contribution in [2.24, 2.45) is 0 Å². The van der Waals surface area contributed by atoms with Crippen LogP contribution in [-0.2, 0) is 0 Å². The van der Waals surface area contributed by atoms with E-state index >= 15 is 0 Å². The predicted molar refractivity (Wildman–Crippen MR) is 243 cm³/mol. The Morgan fingerprint density at radius 1 is 0.379 bits per heavy atom. The maximum Gasteiger partial charge on any atom is 0.227 e. The molecule has 0 radical (unpaired) electrons. The minimum absolute atomic E-state index is 0.607. The van der Waals surface area contributed by atoms with Gasteiger partial charge in [0.2, 0.25) is 5.89 Å². The molecule has 0 fully saturated rings. The van der Waals surface area contributed by atoms with Crippen molar-refractivity contribution in [3.05, 3.63) is 194 Å². The molecule has 0 N–H and O–H groups in total. The van der Waals surface area contributed by atoms with E-state index in [9.17, 15) is 0 Å². The van der Waals surface area contributed by atoms with Crippen LogP contribution in [0, 0.1) is 0 Å². The van der Waals surface area contributed by atoms with Gasteiger partial charge in [0.1, 0.15) is 16.7 Å². The number of benzene rings is 9. The van der Waals surface area contributed by atoms with Crippen molar-refractivity contribution in [1.82, 2.24) is 4.98 Å². The number of fused-ring (bicyclic) bond motifs is 8. The number of nitrogens with zero attached hydrogens (tertiary/aromatic N) is 2. The molecule has 0 aliphatic rings. The van der Waals surface area contributed by atoms with Gasteiger partial charge in [0.15, 0.2) is 5.58 Å². The molecule has 0 spiro atoms. The van der Waals surface area contributed by atoms with Gasteiger partial charge >= 0.3 is 0 Å². The van der Waals surface area contributed by atoms with E-state index in [1.54, 1.807) is 0 Å². The maximum atomic E-state index is 6.45. The summed E-state index contributed by atoms with van der Waals surface area (Å²) in [6.07, 6.45) is 0. The number of furan rings is 1. The van der Waals surface area contributed by atoms with E-state index in [1.807, 2.05) is 53.8 Å². The minimum Gasteiger partial charge on any atom is -0.456 e. The van der Waals surface area contributed by atoms with Crippen LogP contribution in [0.5, 0.6) is 0 Å². The lowest BCUT2D eigenvalue weighted by atomic mass is 9.98. The number of oxazole rings is 1. The van der Waals surface area contributed by atoms with E-state index in [0.717, 1.165) is 66.8 Å². The number of hydrogen-bond acceptors (Lipinski definition) is 5. The molecule has 272 valence electrons. The first-order valence-electron chi connectivity index (χ1n) is 19.4. The van der Waals surface area contributed by atoms with Crippen LogP contribution in [0.15, 0.2) is 203 Å². The van der Waals surface area contributed by atoms with Crippen LogP contribution >= 0.6 is 11.3 Å². The number of anilines is 3. The minimum atomic E-state index is 0.607. The molecule has 3 aromatic heterocycles. The number of thiophene rings is 1. The van der Waals surface area contributed by atoms with E-state index in [1.165, 1.54) is 42.1 Å². The first-order chi connectivity index (χ1) is 28.7. The molecule has 0 unspecified atom stereocenters. The van der Waals surface area contributed by atoms with Gasteiger partial charge in [-0.15, -0.1) is 11.3 Å². The quantitative estimate of drug-likeness (QED) is 0.169. The molecule has 58 heavy (non-hydrogen) atoms. The second-order valence-electron chi connectivity index (χ2n) is 14.7. The largest absolute Gasteiger partial charge is 0.456 e. The van der Waals surface area contributed by atoms with Gasteiger partial charge in [0, 0.05) is 59.6 Å². The summed E-state index contributed by atoms with van der Waals surface area (Å²) in [5.74, 6) is 0.607. The molecule has 0 atom stereocenters. The van der Waals surface area contributed by atoms with Crippen molar-refractivity contribution in [3.8, 4) is 33.7 Å². The third kappa shape index (κ3) is 5.40. The molecule has 12 rings (SSSR count). The molecule has 3 heterocycles. The summed E-state index contributed by atoms with van der Waals surface area (Å²) in [6, 6.07) is 68.9. The van der Waals surface area contributed by atoms with Crippen molar-refractivity contribution in [2.45, 2.75) is 0 Å². The van der Waals surface area contributed by atoms with Gasteiger partial charge in [-0.25, -0.2) is 4.98 Å². The Hall–Kier alpha value is -7.47. The van der Waals surface area contributed by atoms with E-state index in [-0.39, 0.29) is 0 Å². The lowest BCUT2D eigenvalue weighted by Gasteiger charge is -2.26. The summed E-state index contributed by atoms with van der Waals surface area (Å²) in [5.41, 5.74) is 12.0. The topological polar surface area (TPSA) is 42.4 Å². The summed E-state index contributed by atoms with van der Waals surface area (Å²) >= 11 is 1.84. The Kier molecular flexibility index (Phi) is 7.37. The third-order valence-electron chi connectivity index (χ3n) is 11.3. The van der Waals surface area contributed by atoms with Crippen LogP contribution in [0.2, 0.25) is 0 Å². The monoisotopic (exact) mass is 760 g/mol. The highest BCUT2D eigenvalue weighted by molar-refractivity contribution is 7.25.